The van der Waals surface area contributed by atoms with Crippen LogP contribution in [0.2, 0.25) is 0 Å². The van der Waals surface area contributed by atoms with E-state index in [-0.39, 0.29) is 11.4 Å². The van der Waals surface area contributed by atoms with Crippen molar-refractivity contribution in [2.45, 2.75) is 26.3 Å². The molecule has 1 aromatic heterocycles. The van der Waals surface area contributed by atoms with E-state index in [1.54, 1.807) is 6.07 Å². The number of benzene rings is 1. The van der Waals surface area contributed by atoms with Crippen LogP contribution in [-0.2, 0) is 0 Å². The minimum absolute atomic E-state index is 0.222. The molecule has 0 aliphatic rings. The Morgan fingerprint density at radius 3 is 2.57 bits per heavy atom. The molecule has 0 bridgehead atoms. The van der Waals surface area contributed by atoms with Crippen LogP contribution in [0.3, 0.4) is 0 Å². The predicted octanol–water partition coefficient (Wildman–Crippen LogP) is 3.51. The fourth-order valence-corrected chi connectivity index (χ4v) is 2.04. The molecule has 0 atom stereocenters. The third-order valence-corrected chi connectivity index (χ3v) is 3.22. The number of nitrogens with zero attached hydrogens (tertiary/aromatic N) is 2. The maximum atomic E-state index is 12.1. The molecular weight excluding hydrogens is 332 g/mol. The first kappa shape index (κ1) is 15.4. The molecule has 1 aromatic carbocycles. The first-order valence-corrected chi connectivity index (χ1v) is 7.30. The molecule has 110 valence electrons. The van der Waals surface area contributed by atoms with E-state index in [2.05, 4.69) is 36.5 Å². The Morgan fingerprint density at radius 2 is 1.90 bits per heavy atom. The molecule has 1 heterocycles. The van der Waals surface area contributed by atoms with Crippen molar-refractivity contribution >= 4 is 33.3 Å². The van der Waals surface area contributed by atoms with Crippen molar-refractivity contribution in [3.8, 4) is 0 Å². The summed E-state index contributed by atoms with van der Waals surface area (Å²) in [4.78, 5) is 20.2. The number of rotatable bonds is 3. The third kappa shape index (κ3) is 4.53. The Balaban J connectivity index is 2.18. The van der Waals surface area contributed by atoms with Crippen molar-refractivity contribution in [3.63, 3.8) is 0 Å². The molecule has 2 rings (SSSR count). The lowest BCUT2D eigenvalue weighted by Gasteiger charge is -2.20. The van der Waals surface area contributed by atoms with Gasteiger partial charge in [-0.05, 0) is 48.8 Å². The Kier molecular flexibility index (Phi) is 4.57. The number of carbonyl (C=O) groups excluding carboxylic acids is 1. The third-order valence-electron chi connectivity index (χ3n) is 2.52. The molecule has 1 amide bonds. The zero-order valence-electron chi connectivity index (χ0n) is 12.1. The minimum atomic E-state index is -0.307. The van der Waals surface area contributed by atoms with Crippen molar-refractivity contribution in [2.24, 2.45) is 0 Å². The van der Waals surface area contributed by atoms with Gasteiger partial charge in [0.2, 0.25) is 0 Å². The number of para-hydroxylation sites is 1. The second-order valence-corrected chi connectivity index (χ2v) is 6.45. The van der Waals surface area contributed by atoms with Crippen LogP contribution >= 0.6 is 15.9 Å². The van der Waals surface area contributed by atoms with E-state index in [1.165, 1.54) is 6.33 Å². The van der Waals surface area contributed by atoms with Crippen LogP contribution in [0.1, 0.15) is 31.3 Å². The lowest BCUT2D eigenvalue weighted by atomic mass is 10.1. The van der Waals surface area contributed by atoms with Gasteiger partial charge in [0.05, 0.1) is 5.69 Å². The highest BCUT2D eigenvalue weighted by atomic mass is 79.9. The zero-order valence-corrected chi connectivity index (χ0v) is 13.7. The van der Waals surface area contributed by atoms with Crippen LogP contribution < -0.4 is 10.6 Å². The molecular formula is C15H17BrN4O. The Morgan fingerprint density at radius 1 is 1.19 bits per heavy atom. The van der Waals surface area contributed by atoms with Gasteiger partial charge in [-0.25, -0.2) is 9.97 Å². The molecule has 0 fully saturated rings. The van der Waals surface area contributed by atoms with Gasteiger partial charge in [0.25, 0.3) is 5.91 Å². The van der Waals surface area contributed by atoms with E-state index < -0.39 is 0 Å². The van der Waals surface area contributed by atoms with Gasteiger partial charge in [-0.3, -0.25) is 4.79 Å². The number of hydrogen-bond acceptors (Lipinski definition) is 4. The molecule has 0 saturated carbocycles. The van der Waals surface area contributed by atoms with Gasteiger partial charge in [0.15, 0.2) is 0 Å². The van der Waals surface area contributed by atoms with Gasteiger partial charge >= 0.3 is 0 Å². The van der Waals surface area contributed by atoms with Crippen LogP contribution in [0.4, 0.5) is 11.5 Å². The number of hydrogen-bond donors (Lipinski definition) is 2. The molecule has 2 aromatic rings. The molecule has 21 heavy (non-hydrogen) atoms. The summed E-state index contributed by atoms with van der Waals surface area (Å²) in [7, 11) is 0. The van der Waals surface area contributed by atoms with E-state index in [0.717, 1.165) is 10.2 Å². The molecule has 0 spiro atoms. The van der Waals surface area contributed by atoms with E-state index in [0.29, 0.717) is 11.5 Å². The highest BCUT2D eigenvalue weighted by molar-refractivity contribution is 9.10. The molecule has 2 N–H and O–H groups in total. The quantitative estimate of drug-likeness (QED) is 0.890. The lowest BCUT2D eigenvalue weighted by Crippen LogP contribution is -2.40. The highest BCUT2D eigenvalue weighted by Crippen LogP contribution is 2.24. The van der Waals surface area contributed by atoms with Gasteiger partial charge in [-0.15, -0.1) is 0 Å². The van der Waals surface area contributed by atoms with Crippen LogP contribution in [0.25, 0.3) is 0 Å². The van der Waals surface area contributed by atoms with E-state index in [9.17, 15) is 4.79 Å². The second-order valence-electron chi connectivity index (χ2n) is 5.60. The SMILES string of the molecule is CC(C)(C)NC(=O)c1cc(Nc2ccccc2Br)ncn1. The Hall–Kier alpha value is -1.95. The molecule has 5 nitrogen and oxygen atoms in total. The van der Waals surface area contributed by atoms with Crippen molar-refractivity contribution < 1.29 is 4.79 Å². The van der Waals surface area contributed by atoms with Gasteiger partial charge in [0.1, 0.15) is 17.8 Å². The van der Waals surface area contributed by atoms with E-state index in [1.807, 2.05) is 45.0 Å². The maximum Gasteiger partial charge on any atom is 0.270 e. The maximum absolute atomic E-state index is 12.1. The van der Waals surface area contributed by atoms with Crippen LogP contribution in [0.5, 0.6) is 0 Å². The standard InChI is InChI=1S/C15H17BrN4O/c1-15(2,3)20-14(21)12-8-13(18-9-17-12)19-11-7-5-4-6-10(11)16/h4-9H,1-3H3,(H,20,21)(H,17,18,19). The summed E-state index contributed by atoms with van der Waals surface area (Å²) in [6, 6.07) is 9.32. The lowest BCUT2D eigenvalue weighted by molar-refractivity contribution is 0.0914. The average molecular weight is 349 g/mol. The fourth-order valence-electron chi connectivity index (χ4n) is 1.66. The number of aromatic nitrogens is 2. The van der Waals surface area contributed by atoms with E-state index in [4.69, 9.17) is 0 Å². The summed E-state index contributed by atoms with van der Waals surface area (Å²) in [6.45, 7) is 5.77. The first-order valence-electron chi connectivity index (χ1n) is 6.51. The van der Waals surface area contributed by atoms with E-state index >= 15 is 0 Å². The van der Waals surface area contributed by atoms with Crippen LogP contribution in [0, 0.1) is 0 Å². The summed E-state index contributed by atoms with van der Waals surface area (Å²) in [5, 5.41) is 6.02. The molecule has 0 aliphatic heterocycles. The number of anilines is 2. The summed E-state index contributed by atoms with van der Waals surface area (Å²) in [5.74, 6) is 0.344. The number of carbonyl (C=O) groups is 1. The fraction of sp³-hybridized carbons (Fsp3) is 0.267. The Labute approximate surface area is 132 Å². The summed E-state index contributed by atoms with van der Waals surface area (Å²) in [5.41, 5.74) is 0.894. The summed E-state index contributed by atoms with van der Waals surface area (Å²) < 4.78 is 0.921. The van der Waals surface area contributed by atoms with Crippen molar-refractivity contribution in [1.82, 2.24) is 15.3 Å². The average Bonchev–Trinajstić information content (AvgIpc) is 2.40. The summed E-state index contributed by atoms with van der Waals surface area (Å²) >= 11 is 3.46. The first-order chi connectivity index (χ1) is 9.85. The van der Waals surface area contributed by atoms with Crippen molar-refractivity contribution in [2.75, 3.05) is 5.32 Å². The normalized spacial score (nSPS) is 11.0. The number of nitrogens with one attached hydrogen (secondary N) is 2. The number of amides is 1. The highest BCUT2D eigenvalue weighted by Gasteiger charge is 2.16. The largest absolute Gasteiger partial charge is 0.346 e. The topological polar surface area (TPSA) is 66.9 Å². The van der Waals surface area contributed by atoms with Gasteiger partial charge in [-0.1, -0.05) is 12.1 Å². The van der Waals surface area contributed by atoms with Crippen molar-refractivity contribution in [3.05, 3.63) is 46.8 Å². The molecule has 0 aliphatic carbocycles. The number of halogens is 1. The van der Waals surface area contributed by atoms with Crippen LogP contribution in [0.15, 0.2) is 41.1 Å². The van der Waals surface area contributed by atoms with Crippen molar-refractivity contribution in [1.29, 1.82) is 0 Å². The van der Waals surface area contributed by atoms with Gasteiger partial charge in [-0.2, -0.15) is 0 Å². The predicted molar refractivity (Wildman–Crippen MR) is 86.7 cm³/mol. The van der Waals surface area contributed by atoms with Gasteiger partial charge < -0.3 is 10.6 Å². The Bertz CT molecular complexity index is 652. The molecule has 6 heteroatoms. The molecule has 0 saturated heterocycles. The molecule has 0 unspecified atom stereocenters. The summed E-state index contributed by atoms with van der Waals surface area (Å²) in [6.07, 6.45) is 1.37. The van der Waals surface area contributed by atoms with Gasteiger partial charge in [0, 0.05) is 16.1 Å². The minimum Gasteiger partial charge on any atom is -0.346 e. The zero-order chi connectivity index (χ0) is 15.5. The smallest absolute Gasteiger partial charge is 0.270 e. The molecule has 0 radical (unpaired) electrons. The second kappa shape index (κ2) is 6.22. The monoisotopic (exact) mass is 348 g/mol. The van der Waals surface area contributed by atoms with Crippen LogP contribution in [-0.4, -0.2) is 21.4 Å².